The number of carbonyl (C=O) groups is 2. The first kappa shape index (κ1) is 35.5. The average Bonchev–Trinajstić information content (AvgIpc) is 3.36. The summed E-state index contributed by atoms with van der Waals surface area (Å²) in [5, 5.41) is 11.6. The van der Waals surface area contributed by atoms with Gasteiger partial charge in [-0.2, -0.15) is 5.10 Å². The van der Waals surface area contributed by atoms with Crippen molar-refractivity contribution in [2.75, 3.05) is 13.2 Å². The van der Waals surface area contributed by atoms with E-state index in [1.807, 2.05) is 56.3 Å². The molecule has 0 bridgehead atoms. The number of aryl methyl sites for hydroxylation is 1. The number of halogens is 2. The maximum atomic E-state index is 12.8. The Hall–Kier alpha value is -4.84. The number of esters is 1. The zero-order valence-electron chi connectivity index (χ0n) is 27.3. The number of nitrogens with one attached hydrogen (secondary N) is 3. The van der Waals surface area contributed by atoms with Gasteiger partial charge < -0.3 is 29.4 Å². The second-order valence-electron chi connectivity index (χ2n) is 11.1. The highest BCUT2D eigenvalue weighted by molar-refractivity contribution is 7.80. The molecule has 4 aromatic rings. The molecule has 1 aliphatic rings. The van der Waals surface area contributed by atoms with Crippen LogP contribution in [-0.4, -0.2) is 41.0 Å². The van der Waals surface area contributed by atoms with Crippen molar-refractivity contribution < 1.29 is 23.8 Å². The maximum absolute atomic E-state index is 12.8. The van der Waals surface area contributed by atoms with E-state index in [9.17, 15) is 9.59 Å². The molecule has 0 spiro atoms. The SMILES string of the molecule is CCOC(=O)C1=C(C)NC(=S)N[C@@H]1c1ccccc1OCC(=O)NN=Cc1cc(C)n(-c2ccc(OCc3ccc(Cl)c(Cl)c3)cc2)c1C. The molecule has 13 heteroatoms. The number of nitrogens with zero attached hydrogens (tertiary/aromatic N) is 2. The van der Waals surface area contributed by atoms with E-state index in [-0.39, 0.29) is 13.2 Å². The van der Waals surface area contributed by atoms with Crippen LogP contribution < -0.4 is 25.5 Å². The van der Waals surface area contributed by atoms with Crippen molar-refractivity contribution >= 4 is 58.6 Å². The quantitative estimate of drug-likeness (QED) is 0.0630. The first-order valence-electron chi connectivity index (χ1n) is 15.4. The van der Waals surface area contributed by atoms with E-state index in [4.69, 9.17) is 49.6 Å². The van der Waals surface area contributed by atoms with Gasteiger partial charge in [0.05, 0.1) is 34.5 Å². The summed E-state index contributed by atoms with van der Waals surface area (Å²) in [6.45, 7) is 7.75. The number of aromatic nitrogens is 1. The molecular formula is C36H35Cl2N5O5S. The Kier molecular flexibility index (Phi) is 11.6. The highest BCUT2D eigenvalue weighted by Crippen LogP contribution is 2.33. The van der Waals surface area contributed by atoms with E-state index in [1.165, 1.54) is 0 Å². The van der Waals surface area contributed by atoms with Crippen LogP contribution in [0.4, 0.5) is 0 Å². The minimum absolute atomic E-state index is 0.223. The molecule has 0 aliphatic carbocycles. The van der Waals surface area contributed by atoms with Gasteiger partial charge in [0.1, 0.15) is 18.1 Å². The predicted molar refractivity (Wildman–Crippen MR) is 195 cm³/mol. The van der Waals surface area contributed by atoms with E-state index in [2.05, 4.69) is 25.7 Å². The van der Waals surface area contributed by atoms with Gasteiger partial charge in [0, 0.05) is 33.9 Å². The van der Waals surface area contributed by atoms with Crippen LogP contribution in [0.2, 0.25) is 10.0 Å². The van der Waals surface area contributed by atoms with Gasteiger partial charge in [-0.3, -0.25) is 4.79 Å². The van der Waals surface area contributed by atoms with Crippen LogP contribution in [0.15, 0.2) is 89.2 Å². The Morgan fingerprint density at radius 3 is 2.49 bits per heavy atom. The lowest BCUT2D eigenvalue weighted by atomic mass is 9.95. The third-order valence-corrected chi connectivity index (χ3v) is 8.66. The molecule has 5 rings (SSSR count). The summed E-state index contributed by atoms with van der Waals surface area (Å²) >= 11 is 17.5. The van der Waals surface area contributed by atoms with Crippen molar-refractivity contribution in [1.29, 1.82) is 0 Å². The van der Waals surface area contributed by atoms with Gasteiger partial charge in [-0.1, -0.05) is 47.5 Å². The number of hydrogen-bond donors (Lipinski definition) is 3. The van der Waals surface area contributed by atoms with Crippen LogP contribution in [0.1, 0.15) is 48.0 Å². The highest BCUT2D eigenvalue weighted by Gasteiger charge is 2.32. The smallest absolute Gasteiger partial charge is 0.338 e. The molecular weight excluding hydrogens is 685 g/mol. The van der Waals surface area contributed by atoms with Crippen LogP contribution in [0.25, 0.3) is 5.69 Å². The maximum Gasteiger partial charge on any atom is 0.338 e. The number of amides is 1. The van der Waals surface area contributed by atoms with Gasteiger partial charge in [-0.25, -0.2) is 10.2 Å². The third-order valence-electron chi connectivity index (χ3n) is 7.70. The molecule has 1 aliphatic heterocycles. The van der Waals surface area contributed by atoms with E-state index in [1.54, 1.807) is 50.4 Å². The molecule has 10 nitrogen and oxygen atoms in total. The summed E-state index contributed by atoms with van der Waals surface area (Å²) in [6.07, 6.45) is 1.60. The number of para-hydroxylation sites is 1. The molecule has 3 N–H and O–H groups in total. The van der Waals surface area contributed by atoms with Crippen molar-refractivity contribution in [3.63, 3.8) is 0 Å². The van der Waals surface area contributed by atoms with Crippen molar-refractivity contribution in [3.8, 4) is 17.2 Å². The van der Waals surface area contributed by atoms with Gasteiger partial charge in [-0.15, -0.1) is 0 Å². The summed E-state index contributed by atoms with van der Waals surface area (Å²) in [5.74, 6) is 0.194. The van der Waals surface area contributed by atoms with Gasteiger partial charge in [0.15, 0.2) is 11.7 Å². The van der Waals surface area contributed by atoms with Crippen molar-refractivity contribution in [2.24, 2.45) is 5.10 Å². The van der Waals surface area contributed by atoms with Gasteiger partial charge in [0.2, 0.25) is 0 Å². The lowest BCUT2D eigenvalue weighted by molar-refractivity contribution is -0.139. The number of rotatable bonds is 12. The summed E-state index contributed by atoms with van der Waals surface area (Å²) in [5.41, 5.74) is 8.76. The number of benzene rings is 3. The van der Waals surface area contributed by atoms with E-state index in [0.717, 1.165) is 28.2 Å². The highest BCUT2D eigenvalue weighted by atomic mass is 35.5. The summed E-state index contributed by atoms with van der Waals surface area (Å²) < 4.78 is 19.2. The molecule has 0 unspecified atom stereocenters. The van der Waals surface area contributed by atoms with E-state index < -0.39 is 17.9 Å². The normalized spacial score (nSPS) is 14.3. The number of hydrogen-bond acceptors (Lipinski definition) is 7. The third kappa shape index (κ3) is 8.61. The number of ether oxygens (including phenoxy) is 3. The zero-order chi connectivity index (χ0) is 35.1. The molecule has 1 aromatic heterocycles. The second-order valence-corrected chi connectivity index (χ2v) is 12.3. The molecule has 0 saturated heterocycles. The van der Waals surface area contributed by atoms with Crippen LogP contribution in [0.3, 0.4) is 0 Å². The molecule has 2 heterocycles. The van der Waals surface area contributed by atoms with Crippen LogP contribution in [-0.2, 0) is 20.9 Å². The van der Waals surface area contributed by atoms with Gasteiger partial charge in [-0.05, 0) is 94.0 Å². The number of thiocarbonyl (C=S) groups is 1. The number of hydrazone groups is 1. The first-order chi connectivity index (χ1) is 23.5. The minimum atomic E-state index is -0.627. The summed E-state index contributed by atoms with van der Waals surface area (Å²) in [7, 11) is 0. The van der Waals surface area contributed by atoms with E-state index in [0.29, 0.717) is 50.1 Å². The fourth-order valence-corrected chi connectivity index (χ4v) is 6.00. The van der Waals surface area contributed by atoms with Crippen molar-refractivity contribution in [2.45, 2.75) is 40.3 Å². The predicted octanol–water partition coefficient (Wildman–Crippen LogP) is 6.86. The lowest BCUT2D eigenvalue weighted by Gasteiger charge is -2.30. The number of carbonyl (C=O) groups excluding carboxylic acids is 2. The van der Waals surface area contributed by atoms with Crippen LogP contribution >= 0.6 is 35.4 Å². The molecule has 3 aromatic carbocycles. The van der Waals surface area contributed by atoms with Crippen LogP contribution in [0, 0.1) is 13.8 Å². The Labute approximate surface area is 300 Å². The molecule has 0 radical (unpaired) electrons. The minimum Gasteiger partial charge on any atom is -0.489 e. The molecule has 254 valence electrons. The Morgan fingerprint density at radius 1 is 1.00 bits per heavy atom. The first-order valence-corrected chi connectivity index (χ1v) is 16.6. The molecule has 1 amide bonds. The standard InChI is InChI=1S/C36H35Cl2N5O5S/c1-5-46-35(45)33-22(3)40-36(49)41-34(33)28-8-6-7-9-31(28)48-20-32(44)42-39-18-25-16-21(2)43(23(25)4)26-11-13-27(14-12-26)47-19-24-10-15-29(37)30(38)17-24/h6-18,34H,5,19-20H2,1-4H3,(H,42,44)(H2,40,41,49)/t34-/m1/s1. The number of allylic oxidation sites excluding steroid dienone is 1. The average molecular weight is 721 g/mol. The van der Waals surface area contributed by atoms with E-state index >= 15 is 0 Å². The molecule has 0 fully saturated rings. The summed E-state index contributed by atoms with van der Waals surface area (Å²) in [4.78, 5) is 25.5. The fourth-order valence-electron chi connectivity index (χ4n) is 5.41. The lowest BCUT2D eigenvalue weighted by Crippen LogP contribution is -2.45. The molecule has 1 atom stereocenters. The monoisotopic (exact) mass is 719 g/mol. The molecule has 49 heavy (non-hydrogen) atoms. The molecule has 0 saturated carbocycles. The van der Waals surface area contributed by atoms with Crippen molar-refractivity contribution in [3.05, 3.63) is 122 Å². The topological polar surface area (TPSA) is 115 Å². The van der Waals surface area contributed by atoms with Gasteiger partial charge >= 0.3 is 5.97 Å². The summed E-state index contributed by atoms with van der Waals surface area (Å²) in [6, 6.07) is 21.6. The Bertz CT molecular complexity index is 1940. The fraction of sp³-hybridized carbons (Fsp3) is 0.222. The second kappa shape index (κ2) is 16.0. The Balaban J connectivity index is 1.20. The largest absolute Gasteiger partial charge is 0.489 e. The zero-order valence-corrected chi connectivity index (χ0v) is 29.6. The van der Waals surface area contributed by atoms with Crippen LogP contribution in [0.5, 0.6) is 11.5 Å². The van der Waals surface area contributed by atoms with Crippen molar-refractivity contribution in [1.82, 2.24) is 20.6 Å². The van der Waals surface area contributed by atoms with Gasteiger partial charge in [0.25, 0.3) is 5.91 Å². The Morgan fingerprint density at radius 2 is 1.76 bits per heavy atom.